The van der Waals surface area contributed by atoms with Crippen molar-refractivity contribution in [1.82, 2.24) is 9.80 Å². The van der Waals surface area contributed by atoms with Crippen molar-refractivity contribution < 1.29 is 4.79 Å². The fourth-order valence-electron chi connectivity index (χ4n) is 4.35. The molecule has 0 bridgehead atoms. The molecule has 0 aromatic heterocycles. The van der Waals surface area contributed by atoms with Crippen molar-refractivity contribution in [3.63, 3.8) is 0 Å². The van der Waals surface area contributed by atoms with E-state index in [1.807, 2.05) is 13.8 Å². The highest BCUT2D eigenvalue weighted by molar-refractivity contribution is 5.82. The van der Waals surface area contributed by atoms with Crippen LogP contribution in [0.3, 0.4) is 0 Å². The summed E-state index contributed by atoms with van der Waals surface area (Å²) >= 11 is 0. The smallest absolute Gasteiger partial charge is 0.239 e. The van der Waals surface area contributed by atoms with E-state index in [9.17, 15) is 4.79 Å². The van der Waals surface area contributed by atoms with Gasteiger partial charge in [0, 0.05) is 19.1 Å². The van der Waals surface area contributed by atoms with Gasteiger partial charge in [-0.3, -0.25) is 9.69 Å². The Bertz CT molecular complexity index is 508. The highest BCUT2D eigenvalue weighted by atomic mass is 16.2. The molecule has 2 saturated heterocycles. The van der Waals surface area contributed by atoms with E-state index in [4.69, 9.17) is 0 Å². The molecule has 25 heavy (non-hydrogen) atoms. The molecular weight excluding hydrogens is 308 g/mol. The van der Waals surface area contributed by atoms with Gasteiger partial charge in [-0.05, 0) is 57.1 Å². The van der Waals surface area contributed by atoms with Crippen molar-refractivity contribution in [1.29, 1.82) is 0 Å². The summed E-state index contributed by atoms with van der Waals surface area (Å²) in [5.41, 5.74) is 1.43. The van der Waals surface area contributed by atoms with Gasteiger partial charge in [-0.2, -0.15) is 0 Å². The highest BCUT2D eigenvalue weighted by Crippen LogP contribution is 2.27. The number of piperidine rings is 1. The molecule has 140 valence electrons. The Balaban J connectivity index is 0.00000109. The third-order valence-electron chi connectivity index (χ3n) is 5.77. The van der Waals surface area contributed by atoms with Crippen LogP contribution in [0.2, 0.25) is 0 Å². The van der Waals surface area contributed by atoms with Gasteiger partial charge in [0.2, 0.25) is 5.91 Å². The molecule has 2 aliphatic heterocycles. The van der Waals surface area contributed by atoms with Crippen LogP contribution in [0.4, 0.5) is 0 Å². The van der Waals surface area contributed by atoms with E-state index in [-0.39, 0.29) is 6.04 Å². The minimum atomic E-state index is 0.140. The first-order chi connectivity index (χ1) is 12.2. The van der Waals surface area contributed by atoms with E-state index in [0.29, 0.717) is 11.9 Å². The van der Waals surface area contributed by atoms with Gasteiger partial charge in [-0.1, -0.05) is 51.1 Å². The molecule has 1 unspecified atom stereocenters. The van der Waals surface area contributed by atoms with Gasteiger partial charge < -0.3 is 4.90 Å². The summed E-state index contributed by atoms with van der Waals surface area (Å²) in [6.07, 6.45) is 5.65. The number of likely N-dealkylation sites (N-methyl/N-ethyl adjacent to an activating group) is 1. The number of likely N-dealkylation sites (tertiary alicyclic amines) is 2. The molecule has 2 aliphatic rings. The predicted octanol–water partition coefficient (Wildman–Crippen LogP) is 4.37. The lowest BCUT2D eigenvalue weighted by Crippen LogP contribution is -2.49. The van der Waals surface area contributed by atoms with Crippen LogP contribution in [0.1, 0.15) is 58.9 Å². The number of nitrogens with zero attached hydrogens (tertiary/aromatic N) is 2. The number of benzene rings is 1. The predicted molar refractivity (Wildman–Crippen MR) is 106 cm³/mol. The summed E-state index contributed by atoms with van der Waals surface area (Å²) in [6.45, 7) is 11.3. The van der Waals surface area contributed by atoms with Crippen LogP contribution in [-0.2, 0) is 11.2 Å². The van der Waals surface area contributed by atoms with E-state index in [1.165, 1.54) is 5.56 Å². The van der Waals surface area contributed by atoms with Crippen molar-refractivity contribution in [2.45, 2.75) is 71.9 Å². The molecule has 0 N–H and O–H groups in total. The Morgan fingerprint density at radius 2 is 1.68 bits per heavy atom. The standard InChI is InChI=1S/C20H30N2O.C2H6/c1-3-22-16(2)9-10-19(22)20(23)21-13-11-18(12-14-21)15-17-7-5-4-6-8-17;1-2/h4-8,16,18-19H,3,9-15H2,1-2H3;1-2H3/t16?,19-;/m0./s1. The Hall–Kier alpha value is -1.35. The van der Waals surface area contributed by atoms with Gasteiger partial charge in [0.25, 0.3) is 0 Å². The van der Waals surface area contributed by atoms with Gasteiger partial charge in [0.1, 0.15) is 0 Å². The summed E-state index contributed by atoms with van der Waals surface area (Å²) in [7, 11) is 0. The number of rotatable bonds is 4. The summed E-state index contributed by atoms with van der Waals surface area (Å²) in [5.74, 6) is 1.11. The average molecular weight is 345 g/mol. The maximum absolute atomic E-state index is 12.9. The highest BCUT2D eigenvalue weighted by Gasteiger charge is 2.37. The summed E-state index contributed by atoms with van der Waals surface area (Å²) in [5, 5.41) is 0. The molecule has 1 amide bonds. The van der Waals surface area contributed by atoms with Crippen molar-refractivity contribution >= 4 is 5.91 Å². The van der Waals surface area contributed by atoms with Crippen LogP contribution < -0.4 is 0 Å². The van der Waals surface area contributed by atoms with Crippen LogP contribution in [0.25, 0.3) is 0 Å². The number of amides is 1. The molecule has 2 fully saturated rings. The summed E-state index contributed by atoms with van der Waals surface area (Å²) < 4.78 is 0. The maximum atomic E-state index is 12.9. The van der Waals surface area contributed by atoms with Crippen LogP contribution in [0.5, 0.6) is 0 Å². The lowest BCUT2D eigenvalue weighted by molar-refractivity contribution is -0.137. The van der Waals surface area contributed by atoms with E-state index >= 15 is 0 Å². The number of hydrogen-bond acceptors (Lipinski definition) is 2. The van der Waals surface area contributed by atoms with Crippen LogP contribution in [0.15, 0.2) is 30.3 Å². The van der Waals surface area contributed by atoms with Crippen LogP contribution in [0, 0.1) is 5.92 Å². The first-order valence-corrected chi connectivity index (χ1v) is 10.3. The third-order valence-corrected chi connectivity index (χ3v) is 5.77. The lowest BCUT2D eigenvalue weighted by atomic mass is 9.90. The molecule has 3 rings (SSSR count). The molecule has 2 atom stereocenters. The monoisotopic (exact) mass is 344 g/mol. The number of carbonyl (C=O) groups is 1. The van der Waals surface area contributed by atoms with E-state index in [2.05, 4.69) is 54.0 Å². The number of carbonyl (C=O) groups excluding carboxylic acids is 1. The zero-order chi connectivity index (χ0) is 18.2. The first kappa shape index (κ1) is 20.0. The average Bonchev–Trinajstić information content (AvgIpc) is 3.05. The molecule has 3 nitrogen and oxygen atoms in total. The molecule has 0 aliphatic carbocycles. The zero-order valence-electron chi connectivity index (χ0n) is 16.6. The summed E-state index contributed by atoms with van der Waals surface area (Å²) in [6, 6.07) is 11.5. The quantitative estimate of drug-likeness (QED) is 0.810. The minimum absolute atomic E-state index is 0.140. The first-order valence-electron chi connectivity index (χ1n) is 10.3. The van der Waals surface area contributed by atoms with Gasteiger partial charge in [0.15, 0.2) is 0 Å². The van der Waals surface area contributed by atoms with Crippen molar-refractivity contribution in [2.75, 3.05) is 19.6 Å². The van der Waals surface area contributed by atoms with E-state index < -0.39 is 0 Å². The Kier molecular flexibility index (Phi) is 7.95. The zero-order valence-corrected chi connectivity index (χ0v) is 16.6. The second-order valence-electron chi connectivity index (χ2n) is 7.23. The topological polar surface area (TPSA) is 23.6 Å². The Morgan fingerprint density at radius 1 is 1.04 bits per heavy atom. The van der Waals surface area contributed by atoms with Gasteiger partial charge >= 0.3 is 0 Å². The minimum Gasteiger partial charge on any atom is -0.341 e. The Labute approximate surface area is 154 Å². The van der Waals surface area contributed by atoms with Gasteiger partial charge in [0.05, 0.1) is 6.04 Å². The summed E-state index contributed by atoms with van der Waals surface area (Å²) in [4.78, 5) is 17.4. The van der Waals surface area contributed by atoms with Crippen molar-refractivity contribution in [3.8, 4) is 0 Å². The largest absolute Gasteiger partial charge is 0.341 e. The van der Waals surface area contributed by atoms with Crippen molar-refractivity contribution in [3.05, 3.63) is 35.9 Å². The molecular formula is C22H36N2O. The third kappa shape index (κ3) is 5.07. The van der Waals surface area contributed by atoms with E-state index in [0.717, 1.165) is 57.7 Å². The second kappa shape index (κ2) is 9.96. The number of hydrogen-bond donors (Lipinski definition) is 0. The lowest BCUT2D eigenvalue weighted by Gasteiger charge is -2.36. The van der Waals surface area contributed by atoms with E-state index in [1.54, 1.807) is 0 Å². The molecule has 1 aromatic rings. The van der Waals surface area contributed by atoms with Gasteiger partial charge in [-0.25, -0.2) is 0 Å². The maximum Gasteiger partial charge on any atom is 0.239 e. The van der Waals surface area contributed by atoms with Crippen LogP contribution in [-0.4, -0.2) is 47.4 Å². The molecule has 1 aromatic carbocycles. The SMILES string of the molecule is CC.CCN1C(C)CC[C@H]1C(=O)N1CCC(Cc2ccccc2)CC1. The molecule has 0 saturated carbocycles. The Morgan fingerprint density at radius 3 is 2.28 bits per heavy atom. The second-order valence-corrected chi connectivity index (χ2v) is 7.23. The van der Waals surface area contributed by atoms with Crippen molar-refractivity contribution in [2.24, 2.45) is 5.92 Å². The van der Waals surface area contributed by atoms with Crippen LogP contribution >= 0.6 is 0 Å². The van der Waals surface area contributed by atoms with Gasteiger partial charge in [-0.15, -0.1) is 0 Å². The molecule has 0 spiro atoms. The molecule has 3 heteroatoms. The normalized spacial score (nSPS) is 24.7. The molecule has 2 heterocycles. The fourth-order valence-corrected chi connectivity index (χ4v) is 4.35. The molecule has 0 radical (unpaired) electrons. The fraction of sp³-hybridized carbons (Fsp3) is 0.682.